The second kappa shape index (κ2) is 7.18. The van der Waals surface area contributed by atoms with Crippen LogP contribution in [-0.4, -0.2) is 29.7 Å². The quantitative estimate of drug-likeness (QED) is 0.658. The Hall–Kier alpha value is -2.77. The van der Waals surface area contributed by atoms with Crippen LogP contribution in [0.5, 0.6) is 5.75 Å². The van der Waals surface area contributed by atoms with Crippen LogP contribution in [0.1, 0.15) is 55.3 Å². The van der Waals surface area contributed by atoms with E-state index < -0.39 is 11.2 Å². The fourth-order valence-corrected chi connectivity index (χ4v) is 3.60. The fourth-order valence-electron chi connectivity index (χ4n) is 3.46. The third-order valence-electron chi connectivity index (χ3n) is 5.25. The van der Waals surface area contributed by atoms with Crippen molar-refractivity contribution in [3.8, 4) is 22.8 Å². The molecular weight excluding hydrogens is 404 g/mol. The molecule has 2 N–H and O–H groups in total. The van der Waals surface area contributed by atoms with E-state index in [-0.39, 0.29) is 10.8 Å². The smallest absolute Gasteiger partial charge is 0.277 e. The van der Waals surface area contributed by atoms with Gasteiger partial charge in [-0.2, -0.15) is 0 Å². The monoisotopic (exact) mass is 426 g/mol. The van der Waals surface area contributed by atoms with Crippen LogP contribution in [0.4, 0.5) is 0 Å². The molecule has 0 aliphatic heterocycles. The van der Waals surface area contributed by atoms with E-state index in [1.54, 1.807) is 39.2 Å². The SMILES string of the molecule is Cc1cnc(-c2nc(C(C)(C)O)ncc2C2CC2)cc1-n1c(C)cc(O)c(Cl)c1=O. The number of hydrogen-bond donors (Lipinski definition) is 2. The lowest BCUT2D eigenvalue weighted by Crippen LogP contribution is -2.22. The number of rotatable bonds is 4. The predicted molar refractivity (Wildman–Crippen MR) is 114 cm³/mol. The van der Waals surface area contributed by atoms with Gasteiger partial charge in [-0.25, -0.2) is 9.97 Å². The fraction of sp³-hybridized carbons (Fsp3) is 0.364. The zero-order valence-corrected chi connectivity index (χ0v) is 18.0. The van der Waals surface area contributed by atoms with Crippen molar-refractivity contribution in [3.63, 3.8) is 0 Å². The van der Waals surface area contributed by atoms with E-state index >= 15 is 0 Å². The van der Waals surface area contributed by atoms with Crippen LogP contribution >= 0.6 is 11.6 Å². The van der Waals surface area contributed by atoms with Gasteiger partial charge in [-0.15, -0.1) is 0 Å². The van der Waals surface area contributed by atoms with Crippen LogP contribution in [0.3, 0.4) is 0 Å². The van der Waals surface area contributed by atoms with E-state index in [9.17, 15) is 15.0 Å². The third-order valence-corrected chi connectivity index (χ3v) is 5.61. The van der Waals surface area contributed by atoms with Gasteiger partial charge in [0.15, 0.2) is 5.82 Å². The van der Waals surface area contributed by atoms with Crippen molar-refractivity contribution in [1.29, 1.82) is 0 Å². The highest BCUT2D eigenvalue weighted by molar-refractivity contribution is 6.31. The maximum Gasteiger partial charge on any atom is 0.277 e. The Morgan fingerprint density at radius 2 is 1.87 bits per heavy atom. The van der Waals surface area contributed by atoms with Gasteiger partial charge < -0.3 is 10.2 Å². The first-order valence-electron chi connectivity index (χ1n) is 9.76. The van der Waals surface area contributed by atoms with Crippen molar-refractivity contribution in [2.24, 2.45) is 0 Å². The molecule has 156 valence electrons. The topological polar surface area (TPSA) is 101 Å². The second-order valence-corrected chi connectivity index (χ2v) is 8.69. The van der Waals surface area contributed by atoms with E-state index in [0.717, 1.165) is 24.0 Å². The van der Waals surface area contributed by atoms with Crippen LogP contribution in [-0.2, 0) is 5.60 Å². The van der Waals surface area contributed by atoms with Crippen LogP contribution < -0.4 is 5.56 Å². The maximum absolute atomic E-state index is 12.8. The molecule has 4 rings (SSSR count). The average molecular weight is 427 g/mol. The molecule has 1 fully saturated rings. The van der Waals surface area contributed by atoms with Gasteiger partial charge in [0.2, 0.25) is 0 Å². The van der Waals surface area contributed by atoms with Crippen LogP contribution in [0.2, 0.25) is 5.02 Å². The normalized spacial score (nSPS) is 14.2. The molecule has 0 bridgehead atoms. The minimum absolute atomic E-state index is 0.233. The standard InChI is InChI=1S/C22H23ClN4O3/c1-11-9-24-15(8-16(11)27-12(2)7-17(28)18(23)20(27)29)19-14(13-5-6-13)10-25-21(26-19)22(3,4)30/h7-10,13,28,30H,5-6H2,1-4H3. The van der Waals surface area contributed by atoms with Crippen molar-refractivity contribution in [3.05, 3.63) is 62.5 Å². The number of aromatic hydroxyl groups is 1. The Morgan fingerprint density at radius 1 is 1.17 bits per heavy atom. The predicted octanol–water partition coefficient (Wildman–Crippen LogP) is 3.77. The lowest BCUT2D eigenvalue weighted by molar-refractivity contribution is 0.0687. The van der Waals surface area contributed by atoms with Crippen molar-refractivity contribution in [2.75, 3.05) is 0 Å². The first kappa shape index (κ1) is 20.5. The summed E-state index contributed by atoms with van der Waals surface area (Å²) in [4.78, 5) is 26.3. The van der Waals surface area contributed by atoms with Crippen molar-refractivity contribution >= 4 is 11.6 Å². The van der Waals surface area contributed by atoms with Gasteiger partial charge in [-0.3, -0.25) is 14.3 Å². The first-order chi connectivity index (χ1) is 14.1. The summed E-state index contributed by atoms with van der Waals surface area (Å²) in [5.41, 5.74) is 2.45. The number of aliphatic hydroxyl groups is 1. The Kier molecular flexibility index (Phi) is 4.91. The molecule has 3 aromatic heterocycles. The highest BCUT2D eigenvalue weighted by atomic mass is 35.5. The molecule has 30 heavy (non-hydrogen) atoms. The van der Waals surface area contributed by atoms with Gasteiger partial charge in [0.05, 0.1) is 17.1 Å². The van der Waals surface area contributed by atoms with E-state index in [2.05, 4.69) is 15.0 Å². The van der Waals surface area contributed by atoms with Gasteiger partial charge in [0, 0.05) is 29.7 Å². The second-order valence-electron chi connectivity index (χ2n) is 8.31. The van der Waals surface area contributed by atoms with E-state index in [4.69, 9.17) is 11.6 Å². The third kappa shape index (κ3) is 3.59. The van der Waals surface area contributed by atoms with Crippen LogP contribution in [0, 0.1) is 13.8 Å². The molecule has 3 heterocycles. The number of halogens is 1. The zero-order valence-electron chi connectivity index (χ0n) is 17.3. The van der Waals surface area contributed by atoms with E-state index in [1.807, 2.05) is 6.92 Å². The molecule has 3 aromatic rings. The largest absolute Gasteiger partial charge is 0.506 e. The molecule has 0 amide bonds. The minimum Gasteiger partial charge on any atom is -0.506 e. The molecule has 1 aliphatic carbocycles. The van der Waals surface area contributed by atoms with Crippen molar-refractivity contribution in [1.82, 2.24) is 19.5 Å². The molecule has 0 atom stereocenters. The maximum atomic E-state index is 12.8. The molecular formula is C22H23ClN4O3. The summed E-state index contributed by atoms with van der Waals surface area (Å²) in [6.45, 7) is 6.85. The van der Waals surface area contributed by atoms with Gasteiger partial charge >= 0.3 is 0 Å². The Balaban J connectivity index is 1.94. The van der Waals surface area contributed by atoms with Gasteiger partial charge in [0.25, 0.3) is 5.56 Å². The number of aryl methyl sites for hydroxylation is 2. The number of nitrogens with zero attached hydrogens (tertiary/aromatic N) is 4. The number of hydrogen-bond acceptors (Lipinski definition) is 6. The van der Waals surface area contributed by atoms with E-state index in [0.29, 0.717) is 34.5 Å². The minimum atomic E-state index is -1.19. The Morgan fingerprint density at radius 3 is 2.50 bits per heavy atom. The molecule has 7 nitrogen and oxygen atoms in total. The Bertz CT molecular complexity index is 1210. The number of aromatic nitrogens is 4. The summed E-state index contributed by atoms with van der Waals surface area (Å²) in [7, 11) is 0. The highest BCUT2D eigenvalue weighted by Crippen LogP contribution is 2.43. The summed E-state index contributed by atoms with van der Waals surface area (Å²) in [5.74, 6) is 0.436. The highest BCUT2D eigenvalue weighted by Gasteiger charge is 2.30. The summed E-state index contributed by atoms with van der Waals surface area (Å²) < 4.78 is 1.46. The molecule has 0 spiro atoms. The van der Waals surface area contributed by atoms with Crippen LogP contribution in [0.15, 0.2) is 29.3 Å². The van der Waals surface area contributed by atoms with Gasteiger partial charge in [-0.1, -0.05) is 11.6 Å². The summed E-state index contributed by atoms with van der Waals surface area (Å²) in [5, 5.41) is 20.0. The van der Waals surface area contributed by atoms with Gasteiger partial charge in [-0.05, 0) is 58.1 Å². The van der Waals surface area contributed by atoms with Crippen LogP contribution in [0.25, 0.3) is 17.1 Å². The number of pyridine rings is 2. The molecule has 1 saturated carbocycles. The van der Waals surface area contributed by atoms with Crippen molar-refractivity contribution in [2.45, 2.75) is 52.1 Å². The molecule has 0 aromatic carbocycles. The molecule has 0 saturated heterocycles. The molecule has 0 radical (unpaired) electrons. The summed E-state index contributed by atoms with van der Waals surface area (Å²) in [6.07, 6.45) is 5.56. The average Bonchev–Trinajstić information content (AvgIpc) is 3.52. The lowest BCUT2D eigenvalue weighted by atomic mass is 10.0. The first-order valence-corrected chi connectivity index (χ1v) is 10.1. The summed E-state index contributed by atoms with van der Waals surface area (Å²) in [6, 6.07) is 3.25. The van der Waals surface area contributed by atoms with E-state index in [1.165, 1.54) is 10.6 Å². The molecule has 1 aliphatic rings. The summed E-state index contributed by atoms with van der Waals surface area (Å²) >= 11 is 6.01. The Labute approximate surface area is 179 Å². The van der Waals surface area contributed by atoms with Gasteiger partial charge in [0.1, 0.15) is 16.4 Å². The molecule has 0 unspecified atom stereocenters. The zero-order chi connectivity index (χ0) is 21.8. The molecule has 8 heteroatoms. The lowest BCUT2D eigenvalue weighted by Gasteiger charge is -2.19. The van der Waals surface area contributed by atoms with Crippen molar-refractivity contribution < 1.29 is 10.2 Å².